The van der Waals surface area contributed by atoms with Gasteiger partial charge in [0.2, 0.25) is 5.91 Å². The van der Waals surface area contributed by atoms with Gasteiger partial charge in [-0.3, -0.25) is 23.5 Å². The van der Waals surface area contributed by atoms with Gasteiger partial charge in [-0.05, 0) is 74.2 Å². The van der Waals surface area contributed by atoms with Crippen molar-refractivity contribution in [2.24, 2.45) is 0 Å². The van der Waals surface area contributed by atoms with Gasteiger partial charge in [0.15, 0.2) is 0 Å². The molecule has 0 saturated carbocycles. The molecule has 0 unspecified atom stereocenters. The lowest BCUT2D eigenvalue weighted by molar-refractivity contribution is -0.116. The Kier molecular flexibility index (Phi) is 5.31. The van der Waals surface area contributed by atoms with E-state index in [9.17, 15) is 14.4 Å². The molecule has 6 nitrogen and oxygen atoms in total. The second kappa shape index (κ2) is 7.68. The van der Waals surface area contributed by atoms with Crippen LogP contribution in [0.5, 0.6) is 0 Å². The number of carbonyl (C=O) groups is 1. The summed E-state index contributed by atoms with van der Waals surface area (Å²) in [7, 11) is 0. The average molecular weight is 377 g/mol. The van der Waals surface area contributed by atoms with Gasteiger partial charge >= 0.3 is 11.1 Å². The van der Waals surface area contributed by atoms with Crippen molar-refractivity contribution in [2.45, 2.75) is 34.2 Å². The van der Waals surface area contributed by atoms with Gasteiger partial charge in [0.25, 0.3) is 0 Å². The maximum Gasteiger partial charge on any atom is 0.320 e. The fourth-order valence-electron chi connectivity index (χ4n) is 3.11. The number of aromatic nitrogens is 2. The smallest absolute Gasteiger partial charge is 0.320 e. The topological polar surface area (TPSA) is 73.1 Å². The molecule has 0 radical (unpaired) electrons. The molecule has 2 aromatic carbocycles. The molecule has 1 heterocycles. The van der Waals surface area contributed by atoms with Gasteiger partial charge in [-0.1, -0.05) is 12.1 Å². The van der Waals surface area contributed by atoms with Crippen LogP contribution < -0.4 is 16.4 Å². The van der Waals surface area contributed by atoms with E-state index in [1.165, 1.54) is 17.0 Å². The van der Waals surface area contributed by atoms with Crippen LogP contribution in [-0.4, -0.2) is 15.0 Å². The highest BCUT2D eigenvalue weighted by atomic mass is 16.2. The highest BCUT2D eigenvalue weighted by Gasteiger charge is 2.11. The van der Waals surface area contributed by atoms with Gasteiger partial charge in [-0.15, -0.1) is 0 Å². The van der Waals surface area contributed by atoms with Gasteiger partial charge < -0.3 is 5.32 Å². The van der Waals surface area contributed by atoms with Crippen LogP contribution in [0.4, 0.5) is 5.69 Å². The Morgan fingerprint density at radius 3 is 2.18 bits per heavy atom. The number of amides is 1. The molecule has 28 heavy (non-hydrogen) atoms. The van der Waals surface area contributed by atoms with E-state index in [4.69, 9.17) is 0 Å². The lowest BCUT2D eigenvalue weighted by Gasteiger charge is -2.11. The van der Waals surface area contributed by atoms with Gasteiger partial charge in [0, 0.05) is 23.8 Å². The number of rotatable bonds is 4. The number of hydrogen-bond donors (Lipinski definition) is 1. The third-order valence-corrected chi connectivity index (χ3v) is 4.65. The zero-order valence-corrected chi connectivity index (χ0v) is 16.4. The van der Waals surface area contributed by atoms with Gasteiger partial charge in [-0.2, -0.15) is 0 Å². The molecule has 6 heteroatoms. The van der Waals surface area contributed by atoms with Crippen molar-refractivity contribution in [1.82, 2.24) is 9.13 Å². The Labute approximate surface area is 163 Å². The first-order chi connectivity index (χ1) is 13.2. The maximum absolute atomic E-state index is 12.5. The molecule has 0 atom stereocenters. The van der Waals surface area contributed by atoms with Crippen LogP contribution in [-0.2, 0) is 11.3 Å². The van der Waals surface area contributed by atoms with Crippen LogP contribution in [0.25, 0.3) is 5.69 Å². The highest BCUT2D eigenvalue weighted by Crippen LogP contribution is 2.14. The van der Waals surface area contributed by atoms with Crippen LogP contribution in [0, 0.1) is 27.7 Å². The van der Waals surface area contributed by atoms with E-state index in [2.05, 4.69) is 5.32 Å². The van der Waals surface area contributed by atoms with Crippen LogP contribution in [0.2, 0.25) is 0 Å². The minimum atomic E-state index is -0.740. The third kappa shape index (κ3) is 4.11. The molecule has 0 aliphatic rings. The molecule has 3 rings (SSSR count). The molecule has 0 aliphatic heterocycles. The lowest BCUT2D eigenvalue weighted by atomic mass is 10.1. The Hall–Kier alpha value is -3.41. The molecule has 0 saturated heterocycles. The van der Waals surface area contributed by atoms with Crippen molar-refractivity contribution in [3.8, 4) is 5.69 Å². The summed E-state index contributed by atoms with van der Waals surface area (Å²) in [4.78, 5) is 37.3. The predicted molar refractivity (Wildman–Crippen MR) is 110 cm³/mol. The minimum Gasteiger partial charge on any atom is -0.325 e. The summed E-state index contributed by atoms with van der Waals surface area (Å²) in [5.41, 5.74) is 4.05. The van der Waals surface area contributed by atoms with Crippen LogP contribution >= 0.6 is 0 Å². The zero-order valence-electron chi connectivity index (χ0n) is 16.4. The number of benzene rings is 2. The number of hydrogen-bond acceptors (Lipinski definition) is 3. The summed E-state index contributed by atoms with van der Waals surface area (Å²) in [5, 5.41) is 2.77. The van der Waals surface area contributed by atoms with E-state index in [1.807, 2.05) is 58.0 Å². The number of aryl methyl sites for hydroxylation is 4. The van der Waals surface area contributed by atoms with Crippen LogP contribution in [0.3, 0.4) is 0 Å². The molecule has 144 valence electrons. The SMILES string of the molecule is Cc1cc(C)cc(NC(=O)Cn2ccn(-c3ccc(C)c(C)c3)c(=O)c2=O)c1. The molecule has 0 bridgehead atoms. The summed E-state index contributed by atoms with van der Waals surface area (Å²) in [6.45, 7) is 7.59. The van der Waals surface area contributed by atoms with Crippen molar-refractivity contribution >= 4 is 11.6 Å². The Balaban J connectivity index is 1.84. The monoisotopic (exact) mass is 377 g/mol. The van der Waals surface area contributed by atoms with Crippen LogP contribution in [0.1, 0.15) is 22.3 Å². The Morgan fingerprint density at radius 2 is 1.54 bits per heavy atom. The van der Waals surface area contributed by atoms with E-state index in [0.717, 1.165) is 26.8 Å². The van der Waals surface area contributed by atoms with Crippen molar-refractivity contribution in [2.75, 3.05) is 5.32 Å². The van der Waals surface area contributed by atoms with Crippen molar-refractivity contribution in [1.29, 1.82) is 0 Å². The van der Waals surface area contributed by atoms with Crippen molar-refractivity contribution in [3.63, 3.8) is 0 Å². The van der Waals surface area contributed by atoms with Crippen molar-refractivity contribution < 1.29 is 4.79 Å². The molecule has 3 aromatic rings. The van der Waals surface area contributed by atoms with Crippen molar-refractivity contribution in [3.05, 3.63) is 91.8 Å². The molecular formula is C22H23N3O3. The summed E-state index contributed by atoms with van der Waals surface area (Å²) >= 11 is 0. The van der Waals surface area contributed by atoms with E-state index in [-0.39, 0.29) is 12.5 Å². The van der Waals surface area contributed by atoms with Gasteiger partial charge in [0.1, 0.15) is 6.54 Å². The van der Waals surface area contributed by atoms with Gasteiger partial charge in [-0.25, -0.2) is 0 Å². The first kappa shape index (κ1) is 19.4. The Morgan fingerprint density at radius 1 is 0.857 bits per heavy atom. The van der Waals surface area contributed by atoms with Crippen LogP contribution in [0.15, 0.2) is 58.4 Å². The summed E-state index contributed by atoms with van der Waals surface area (Å²) < 4.78 is 2.42. The molecule has 0 aliphatic carbocycles. The normalized spacial score (nSPS) is 10.7. The molecule has 1 amide bonds. The molecule has 0 spiro atoms. The second-order valence-corrected chi connectivity index (χ2v) is 7.10. The fourth-order valence-corrected chi connectivity index (χ4v) is 3.11. The largest absolute Gasteiger partial charge is 0.325 e. The predicted octanol–water partition coefficient (Wildman–Crippen LogP) is 2.87. The number of nitrogens with one attached hydrogen (secondary N) is 1. The molecular weight excluding hydrogens is 354 g/mol. The number of anilines is 1. The van der Waals surface area contributed by atoms with E-state index < -0.39 is 11.1 Å². The summed E-state index contributed by atoms with van der Waals surface area (Å²) in [5.74, 6) is -0.365. The maximum atomic E-state index is 12.5. The highest BCUT2D eigenvalue weighted by molar-refractivity contribution is 5.90. The summed E-state index contributed by atoms with van der Waals surface area (Å²) in [6.07, 6.45) is 2.97. The summed E-state index contributed by atoms with van der Waals surface area (Å²) in [6, 6.07) is 11.3. The third-order valence-electron chi connectivity index (χ3n) is 4.65. The van der Waals surface area contributed by atoms with E-state index in [0.29, 0.717) is 11.4 Å². The van der Waals surface area contributed by atoms with E-state index >= 15 is 0 Å². The van der Waals surface area contributed by atoms with Gasteiger partial charge in [0.05, 0.1) is 0 Å². The standard InChI is InChI=1S/C22H23N3O3/c1-14-9-15(2)11-18(10-14)23-20(26)13-24-7-8-25(22(28)21(24)27)19-6-5-16(3)17(4)12-19/h5-12H,13H2,1-4H3,(H,23,26). The first-order valence-electron chi connectivity index (χ1n) is 9.02. The number of carbonyl (C=O) groups excluding carboxylic acids is 1. The molecule has 0 fully saturated rings. The zero-order chi connectivity index (χ0) is 20.4. The number of nitrogens with zero attached hydrogens (tertiary/aromatic N) is 2. The lowest BCUT2D eigenvalue weighted by Crippen LogP contribution is -2.41. The molecule has 1 N–H and O–H groups in total. The Bertz CT molecular complexity index is 1150. The minimum absolute atomic E-state index is 0.227. The average Bonchev–Trinajstić information content (AvgIpc) is 2.61. The second-order valence-electron chi connectivity index (χ2n) is 7.10. The van der Waals surface area contributed by atoms with E-state index in [1.54, 1.807) is 6.07 Å². The quantitative estimate of drug-likeness (QED) is 0.711. The fraction of sp³-hybridized carbons (Fsp3) is 0.227. The first-order valence-corrected chi connectivity index (χ1v) is 9.02. The molecule has 1 aromatic heterocycles.